The van der Waals surface area contributed by atoms with E-state index in [2.05, 4.69) is 34.5 Å². The van der Waals surface area contributed by atoms with Gasteiger partial charge >= 0.3 is 11.9 Å². The Balaban J connectivity index is 1.62. The van der Waals surface area contributed by atoms with Gasteiger partial charge in [0.1, 0.15) is 0 Å². The minimum Gasteiger partial charge on any atom is -0.390 e. The van der Waals surface area contributed by atoms with E-state index in [1.807, 2.05) is 32.0 Å². The molecular weight excluding hydrogens is 424 g/mol. The van der Waals surface area contributed by atoms with Gasteiger partial charge in [0.05, 0.1) is 6.04 Å². The molecule has 1 aliphatic carbocycles. The lowest BCUT2D eigenvalue weighted by Crippen LogP contribution is -2.57. The van der Waals surface area contributed by atoms with E-state index < -0.39 is 0 Å². The van der Waals surface area contributed by atoms with E-state index in [-0.39, 0.29) is 29.7 Å². The molecule has 1 amide bonds. The molecule has 0 atom stereocenters. The van der Waals surface area contributed by atoms with E-state index in [4.69, 9.17) is 4.42 Å². The summed E-state index contributed by atoms with van der Waals surface area (Å²) >= 11 is 1.42. The second-order valence-corrected chi connectivity index (χ2v) is 10.0. The fraction of sp³-hybridized carbons (Fsp3) is 0.583. The third kappa shape index (κ3) is 7.45. The quantitative estimate of drug-likeness (QED) is 0.324. The molecule has 8 heteroatoms. The molecule has 0 saturated heterocycles. The third-order valence-corrected chi connectivity index (χ3v) is 6.31. The van der Waals surface area contributed by atoms with Crippen LogP contribution >= 0.6 is 11.8 Å². The second-order valence-electron chi connectivity index (χ2n) is 8.96. The number of thioether (sulfide) groups is 1. The van der Waals surface area contributed by atoms with Gasteiger partial charge in [0.15, 0.2) is 0 Å². The van der Waals surface area contributed by atoms with Crippen LogP contribution in [0.5, 0.6) is 0 Å². The molecule has 0 unspecified atom stereocenters. The average Bonchev–Trinajstić information content (AvgIpc) is 3.19. The molecule has 0 aliphatic heterocycles. The SMILES string of the molecule is CC(C)CC(=O)c1oc(SCCN(C)Cc2ccccc2)n[n+]1C(=O)NC1CCCCC1. The van der Waals surface area contributed by atoms with Crippen LogP contribution in [0.25, 0.3) is 0 Å². The largest absolute Gasteiger partial charge is 0.520 e. The van der Waals surface area contributed by atoms with Gasteiger partial charge in [-0.05, 0) is 54.0 Å². The number of hydrogen-bond donors (Lipinski definition) is 1. The Morgan fingerprint density at radius 2 is 1.94 bits per heavy atom. The molecule has 2 aromatic rings. The zero-order chi connectivity index (χ0) is 22.9. The molecule has 1 N–H and O–H groups in total. The normalized spacial score (nSPS) is 14.8. The van der Waals surface area contributed by atoms with E-state index in [0.29, 0.717) is 11.6 Å². The lowest BCUT2D eigenvalue weighted by atomic mass is 9.96. The molecule has 1 aromatic heterocycles. The van der Waals surface area contributed by atoms with Crippen molar-refractivity contribution in [1.29, 1.82) is 0 Å². The molecule has 3 rings (SSSR count). The van der Waals surface area contributed by atoms with Crippen LogP contribution in [0, 0.1) is 5.92 Å². The first kappa shape index (κ1) is 24.5. The molecule has 7 nitrogen and oxygen atoms in total. The fourth-order valence-corrected chi connectivity index (χ4v) is 4.70. The first-order valence-electron chi connectivity index (χ1n) is 11.5. The van der Waals surface area contributed by atoms with Crippen molar-refractivity contribution in [2.45, 2.75) is 70.2 Å². The monoisotopic (exact) mass is 459 g/mol. The maximum absolute atomic E-state index is 12.9. The molecule has 0 bridgehead atoms. The van der Waals surface area contributed by atoms with Crippen molar-refractivity contribution in [3.63, 3.8) is 0 Å². The zero-order valence-corrected chi connectivity index (χ0v) is 20.2. The van der Waals surface area contributed by atoms with E-state index in [1.165, 1.54) is 23.7 Å². The van der Waals surface area contributed by atoms with Crippen LogP contribution in [0.2, 0.25) is 0 Å². The summed E-state index contributed by atoms with van der Waals surface area (Å²) in [7, 11) is 2.07. The van der Waals surface area contributed by atoms with Crippen molar-refractivity contribution < 1.29 is 18.7 Å². The van der Waals surface area contributed by atoms with Gasteiger partial charge in [-0.3, -0.25) is 4.79 Å². The summed E-state index contributed by atoms with van der Waals surface area (Å²) in [5.74, 6) is 0.739. The van der Waals surface area contributed by atoms with Crippen LogP contribution in [0.15, 0.2) is 40.0 Å². The molecule has 174 valence electrons. The molecule has 1 aliphatic rings. The predicted molar refractivity (Wildman–Crippen MR) is 125 cm³/mol. The summed E-state index contributed by atoms with van der Waals surface area (Å²) in [6.45, 7) is 5.62. The van der Waals surface area contributed by atoms with Gasteiger partial charge in [-0.2, -0.15) is 4.79 Å². The Morgan fingerprint density at radius 3 is 2.62 bits per heavy atom. The molecule has 1 heterocycles. The number of carbonyl (C=O) groups is 2. The van der Waals surface area contributed by atoms with Crippen LogP contribution in [-0.4, -0.2) is 47.2 Å². The predicted octanol–water partition coefficient (Wildman–Crippen LogP) is 4.31. The summed E-state index contributed by atoms with van der Waals surface area (Å²) in [5, 5.41) is 7.73. The van der Waals surface area contributed by atoms with Crippen LogP contribution in [0.3, 0.4) is 0 Å². The number of hydrogen-bond acceptors (Lipinski definition) is 6. The third-order valence-electron chi connectivity index (χ3n) is 5.51. The first-order valence-corrected chi connectivity index (χ1v) is 12.5. The Bertz CT molecular complexity index is 879. The Kier molecular flexibility index (Phi) is 9.29. The number of aromatic nitrogens is 2. The molecule has 1 aromatic carbocycles. The fourth-order valence-electron chi connectivity index (χ4n) is 3.85. The van der Waals surface area contributed by atoms with E-state index >= 15 is 0 Å². The number of ketones is 1. The van der Waals surface area contributed by atoms with Crippen molar-refractivity contribution >= 4 is 23.6 Å². The highest BCUT2D eigenvalue weighted by atomic mass is 32.2. The highest BCUT2D eigenvalue weighted by molar-refractivity contribution is 7.99. The van der Waals surface area contributed by atoms with E-state index in [9.17, 15) is 9.59 Å². The molecule has 0 radical (unpaired) electrons. The topological polar surface area (TPSA) is 79.3 Å². The van der Waals surface area contributed by atoms with Crippen LogP contribution in [-0.2, 0) is 6.54 Å². The summed E-state index contributed by atoms with van der Waals surface area (Å²) in [6.07, 6.45) is 5.69. The highest BCUT2D eigenvalue weighted by Crippen LogP contribution is 2.19. The van der Waals surface area contributed by atoms with Gasteiger partial charge in [0, 0.05) is 25.3 Å². The van der Waals surface area contributed by atoms with Gasteiger partial charge in [-0.1, -0.05) is 62.4 Å². The van der Waals surface area contributed by atoms with Gasteiger partial charge in [-0.15, -0.1) is 0 Å². The van der Waals surface area contributed by atoms with Gasteiger partial charge in [0.25, 0.3) is 5.22 Å². The molecular formula is C24H35N4O3S+. The first-order chi connectivity index (χ1) is 15.4. The lowest BCUT2D eigenvalue weighted by Gasteiger charge is -2.17. The molecule has 1 fully saturated rings. The standard InChI is InChI=1S/C24H34N4O3S/c1-18(2)16-21(29)22-28(23(30)25-20-12-8-5-9-13-20)26-24(31-22)32-15-14-27(3)17-19-10-6-4-7-11-19/h4,6-7,10-11,18,20H,5,8-9,12-17H2,1-3H3/p+1. The van der Waals surface area contributed by atoms with Crippen molar-refractivity contribution in [2.75, 3.05) is 19.3 Å². The number of rotatable bonds is 10. The van der Waals surface area contributed by atoms with Gasteiger partial charge in [0.2, 0.25) is 5.78 Å². The van der Waals surface area contributed by atoms with Crippen LogP contribution < -0.4 is 10.00 Å². The maximum Gasteiger partial charge on any atom is 0.520 e. The number of carbonyl (C=O) groups excluding carboxylic acids is 2. The van der Waals surface area contributed by atoms with Crippen molar-refractivity contribution in [3.05, 3.63) is 41.8 Å². The number of nitrogens with zero attached hydrogens (tertiary/aromatic N) is 3. The lowest BCUT2D eigenvalue weighted by molar-refractivity contribution is -0.640. The Hall–Kier alpha value is -2.19. The summed E-state index contributed by atoms with van der Waals surface area (Å²) < 4.78 is 6.91. The van der Waals surface area contributed by atoms with E-state index in [0.717, 1.165) is 49.2 Å². The molecule has 0 spiro atoms. The summed E-state index contributed by atoms with van der Waals surface area (Å²) in [6, 6.07) is 10.1. The smallest absolute Gasteiger partial charge is 0.390 e. The highest BCUT2D eigenvalue weighted by Gasteiger charge is 2.33. The number of benzene rings is 1. The minimum absolute atomic E-state index is 0.0205. The average molecular weight is 460 g/mol. The molecule has 1 saturated carbocycles. The van der Waals surface area contributed by atoms with Crippen molar-refractivity contribution in [2.24, 2.45) is 5.92 Å². The van der Waals surface area contributed by atoms with Crippen molar-refractivity contribution in [3.8, 4) is 0 Å². The van der Waals surface area contributed by atoms with Gasteiger partial charge in [-0.25, -0.2) is 5.32 Å². The Morgan fingerprint density at radius 1 is 1.22 bits per heavy atom. The van der Waals surface area contributed by atoms with E-state index in [1.54, 1.807) is 0 Å². The number of nitrogens with one attached hydrogen (secondary N) is 1. The summed E-state index contributed by atoms with van der Waals surface area (Å²) in [4.78, 5) is 27.8. The van der Waals surface area contributed by atoms with Gasteiger partial charge < -0.3 is 9.32 Å². The van der Waals surface area contributed by atoms with Crippen LogP contribution in [0.4, 0.5) is 4.79 Å². The molecule has 32 heavy (non-hydrogen) atoms. The summed E-state index contributed by atoms with van der Waals surface area (Å²) in [5.41, 5.74) is 1.26. The zero-order valence-electron chi connectivity index (χ0n) is 19.4. The minimum atomic E-state index is -0.374. The number of amides is 1. The van der Waals surface area contributed by atoms with Crippen LogP contribution in [0.1, 0.15) is 68.6 Å². The Labute approximate surface area is 194 Å². The maximum atomic E-state index is 12.9. The second kappa shape index (κ2) is 12.2. The number of Topliss-reactive ketones (excluding diaryl/α,β-unsaturated/α-hetero) is 1. The van der Waals surface area contributed by atoms with Crippen molar-refractivity contribution in [1.82, 2.24) is 15.3 Å².